The van der Waals surface area contributed by atoms with Gasteiger partial charge in [0.1, 0.15) is 5.58 Å². The molecule has 72 heavy (non-hydrogen) atoms. The second-order valence-electron chi connectivity index (χ2n) is 20.4. The Hall–Kier alpha value is -9.06. The third kappa shape index (κ3) is 5.37. The van der Waals surface area contributed by atoms with E-state index in [-0.39, 0.29) is 11.3 Å². The van der Waals surface area contributed by atoms with Crippen molar-refractivity contribution >= 4 is 93.4 Å². The minimum absolute atomic E-state index is 0.0153. The Balaban J connectivity index is 0.956. The van der Waals surface area contributed by atoms with E-state index in [9.17, 15) is 0 Å². The summed E-state index contributed by atoms with van der Waals surface area (Å²) in [4.78, 5) is 13.9. The van der Waals surface area contributed by atoms with E-state index in [0.29, 0.717) is 5.95 Å². The zero-order valence-electron chi connectivity index (χ0n) is 39.7. The minimum Gasteiger partial charge on any atom is -0.454 e. The second-order valence-corrected chi connectivity index (χ2v) is 20.4. The smallest absolute Gasteiger partial charge is 0.235 e. The van der Waals surface area contributed by atoms with Crippen LogP contribution in [0.5, 0.6) is 0 Å². The fraction of sp³-hybridized carbons (Fsp3) is 0.0746. The van der Waals surface area contributed by atoms with E-state index in [0.717, 1.165) is 78.4 Å². The molecule has 13 aromatic rings. The van der Waals surface area contributed by atoms with Gasteiger partial charge in [0.2, 0.25) is 5.95 Å². The van der Waals surface area contributed by atoms with Gasteiger partial charge in [-0.3, -0.25) is 4.90 Å². The van der Waals surface area contributed by atoms with E-state index in [1.165, 1.54) is 71.5 Å². The highest BCUT2D eigenvalue weighted by molar-refractivity contribution is 6.25. The molecule has 4 heterocycles. The van der Waals surface area contributed by atoms with Gasteiger partial charge in [0.25, 0.3) is 0 Å². The summed E-state index contributed by atoms with van der Waals surface area (Å²) in [5.41, 5.74) is 19.2. The van der Waals surface area contributed by atoms with Gasteiger partial charge in [-0.1, -0.05) is 172 Å². The predicted molar refractivity (Wildman–Crippen MR) is 298 cm³/mol. The highest BCUT2D eigenvalue weighted by Crippen LogP contribution is 2.59. The number of hydrogen-bond acceptors (Lipinski definition) is 4. The summed E-state index contributed by atoms with van der Waals surface area (Å²) in [6.07, 6.45) is 5.48. The Morgan fingerprint density at radius 3 is 2.12 bits per heavy atom. The summed E-state index contributed by atoms with van der Waals surface area (Å²) in [5.74, 6) is 0.620. The lowest BCUT2D eigenvalue weighted by atomic mass is 9.82. The fourth-order valence-corrected chi connectivity index (χ4v) is 13.0. The van der Waals surface area contributed by atoms with Gasteiger partial charge in [-0.15, -0.1) is 0 Å². The topological polar surface area (TPSA) is 47.1 Å². The van der Waals surface area contributed by atoms with Crippen LogP contribution in [0.1, 0.15) is 48.4 Å². The average molecular weight is 921 g/mol. The highest BCUT2D eigenvalue weighted by Gasteiger charge is 2.43. The van der Waals surface area contributed by atoms with Crippen molar-refractivity contribution < 1.29 is 4.42 Å². The Kier molecular flexibility index (Phi) is 8.01. The lowest BCUT2D eigenvalue weighted by Gasteiger charge is -2.26. The van der Waals surface area contributed by atoms with Crippen LogP contribution in [0.4, 0.5) is 11.6 Å². The number of anilines is 2. The van der Waals surface area contributed by atoms with E-state index >= 15 is 0 Å². The van der Waals surface area contributed by atoms with Gasteiger partial charge in [-0.2, -0.15) is 0 Å². The van der Waals surface area contributed by atoms with Crippen molar-refractivity contribution in [2.45, 2.75) is 31.6 Å². The normalized spacial score (nSPS) is 15.7. The van der Waals surface area contributed by atoms with Crippen LogP contribution in [0.2, 0.25) is 0 Å². The van der Waals surface area contributed by atoms with Crippen LogP contribution < -0.4 is 4.90 Å². The van der Waals surface area contributed by atoms with E-state index in [1.54, 1.807) is 0 Å². The molecule has 0 spiro atoms. The van der Waals surface area contributed by atoms with Crippen LogP contribution in [0.3, 0.4) is 0 Å². The predicted octanol–water partition coefficient (Wildman–Crippen LogP) is 17.5. The molecule has 0 N–H and O–H groups in total. The lowest BCUT2D eigenvalue weighted by Crippen LogP contribution is -2.18. The first-order chi connectivity index (χ1) is 35.5. The molecular formula is C67H44N4O. The summed E-state index contributed by atoms with van der Waals surface area (Å²) >= 11 is 0. The van der Waals surface area contributed by atoms with Crippen LogP contribution in [0, 0.1) is 0 Å². The van der Waals surface area contributed by atoms with E-state index in [4.69, 9.17) is 14.4 Å². The summed E-state index contributed by atoms with van der Waals surface area (Å²) in [6.45, 7) is 4.70. The molecule has 0 fully saturated rings. The Morgan fingerprint density at radius 2 is 1.24 bits per heavy atom. The van der Waals surface area contributed by atoms with Crippen molar-refractivity contribution in [3.8, 4) is 28.1 Å². The number of furan rings is 1. The first-order valence-electron chi connectivity index (χ1n) is 25.1. The SMILES string of the molecule is CC1(C)c2ccccc2-c2ccc(-c3nc(N4C5=CC=C(c6ccc7c(c6)c6ccccc6n7-c6ccccc6)CC5c5c4c4oc6ccccc6c4c4ccccc54)nc4c3ccc3ccccc34)cc21. The number of aromatic nitrogens is 3. The number of nitrogens with zero attached hydrogens (tertiary/aromatic N) is 4. The fourth-order valence-electron chi connectivity index (χ4n) is 13.0. The first-order valence-corrected chi connectivity index (χ1v) is 25.1. The van der Waals surface area contributed by atoms with Crippen molar-refractivity contribution in [1.29, 1.82) is 0 Å². The molecule has 5 nitrogen and oxygen atoms in total. The number of allylic oxidation sites excluding steroid dienone is 4. The van der Waals surface area contributed by atoms with Crippen LogP contribution >= 0.6 is 0 Å². The molecule has 5 heteroatoms. The Morgan fingerprint density at radius 1 is 0.528 bits per heavy atom. The standard InChI is InChI=1S/C67H44N4O/c1-67(2)54-25-13-10-20-45(54)46-32-29-42(38-55(46)67)62-51-33-28-39-16-6-7-19-44(39)63(51)69-66(68-62)71-58-35-31-41(40-30-34-57-52(36-40)47-21-11-14-26-56(47)70(57)43-17-4-3-5-18-43)37-53(58)60-48-22-8-9-23-49(48)61-50-24-12-15-27-59(50)72-65(61)64(60)71/h3-36,38,53H,37H2,1-2H3. The van der Waals surface area contributed by atoms with Crippen molar-refractivity contribution in [3.05, 3.63) is 240 Å². The van der Waals surface area contributed by atoms with Crippen molar-refractivity contribution in [2.75, 3.05) is 4.90 Å². The summed E-state index contributed by atoms with van der Waals surface area (Å²) in [5, 5.41) is 10.4. The van der Waals surface area contributed by atoms with Crippen molar-refractivity contribution in [2.24, 2.45) is 0 Å². The number of benzene rings is 10. The van der Waals surface area contributed by atoms with Gasteiger partial charge in [-0.25, -0.2) is 9.97 Å². The molecule has 2 aliphatic carbocycles. The molecule has 3 aliphatic rings. The zero-order valence-corrected chi connectivity index (χ0v) is 39.7. The summed E-state index contributed by atoms with van der Waals surface area (Å²) in [7, 11) is 0. The van der Waals surface area contributed by atoms with Gasteiger partial charge in [-0.05, 0) is 116 Å². The van der Waals surface area contributed by atoms with Crippen LogP contribution in [-0.4, -0.2) is 14.5 Å². The molecule has 0 radical (unpaired) electrons. The van der Waals surface area contributed by atoms with Crippen LogP contribution in [-0.2, 0) is 5.41 Å². The average Bonchev–Trinajstić information content (AvgIpc) is 4.16. The summed E-state index contributed by atoms with van der Waals surface area (Å²) in [6, 6.07) is 72.8. The van der Waals surface area contributed by atoms with Crippen molar-refractivity contribution in [3.63, 3.8) is 0 Å². The quantitative estimate of drug-likeness (QED) is 0.165. The first kappa shape index (κ1) is 39.8. The van der Waals surface area contributed by atoms with Gasteiger partial charge in [0.05, 0.1) is 27.9 Å². The highest BCUT2D eigenvalue weighted by atomic mass is 16.3. The second kappa shape index (κ2) is 14.5. The maximum Gasteiger partial charge on any atom is 0.235 e. The molecule has 0 saturated carbocycles. The van der Waals surface area contributed by atoms with Gasteiger partial charge < -0.3 is 8.98 Å². The molecule has 3 aromatic heterocycles. The van der Waals surface area contributed by atoms with Crippen LogP contribution in [0.15, 0.2) is 222 Å². The molecule has 0 amide bonds. The van der Waals surface area contributed by atoms with Crippen molar-refractivity contribution in [1.82, 2.24) is 14.5 Å². The van der Waals surface area contributed by atoms with E-state index < -0.39 is 0 Å². The molecular weight excluding hydrogens is 877 g/mol. The number of para-hydroxylation sites is 3. The Labute approximate surface area is 415 Å². The van der Waals surface area contributed by atoms with Gasteiger partial charge in [0, 0.05) is 60.6 Å². The lowest BCUT2D eigenvalue weighted by molar-refractivity contribution is 0.660. The van der Waals surface area contributed by atoms with E-state index in [2.05, 4.69) is 236 Å². The monoisotopic (exact) mass is 920 g/mol. The largest absolute Gasteiger partial charge is 0.454 e. The van der Waals surface area contributed by atoms with E-state index in [1.807, 2.05) is 0 Å². The molecule has 338 valence electrons. The third-order valence-corrected chi connectivity index (χ3v) is 16.3. The molecule has 10 aromatic carbocycles. The molecule has 0 bridgehead atoms. The number of hydrogen-bond donors (Lipinski definition) is 0. The Bertz CT molecular complexity index is 4590. The summed E-state index contributed by atoms with van der Waals surface area (Å²) < 4.78 is 9.52. The maximum atomic E-state index is 7.13. The molecule has 1 unspecified atom stereocenters. The zero-order chi connectivity index (χ0) is 47.4. The molecule has 0 saturated heterocycles. The molecule has 1 atom stereocenters. The van der Waals surface area contributed by atoms with Gasteiger partial charge in [0.15, 0.2) is 5.58 Å². The van der Waals surface area contributed by atoms with Gasteiger partial charge >= 0.3 is 0 Å². The third-order valence-electron chi connectivity index (χ3n) is 16.3. The molecule has 1 aliphatic heterocycles. The maximum absolute atomic E-state index is 7.13. The number of fused-ring (bicyclic) bond motifs is 19. The van der Waals surface area contributed by atoms with Crippen LogP contribution in [0.25, 0.3) is 110 Å². The molecule has 16 rings (SSSR count). The number of rotatable bonds is 4. The minimum atomic E-state index is -0.171.